The van der Waals surface area contributed by atoms with Crippen LogP contribution in [0.3, 0.4) is 0 Å². The largest absolute Gasteiger partial charge is 0.497 e. The standard InChI is InChI=1S/C26H32N4O4/c1-3-34-25(31)19-8-4-5-9-20(19)29-26(32)30-23(16-17-12-14-18(33-2)15-13-17)24-27-21-10-6-7-11-22(21)28-24/h6-7,10-15,19-20,23H,3-5,8-9,16H2,1-2H3,(H,27,28)(H2,29,30,32)/t19-,20+,23-/m1/s1. The Balaban J connectivity index is 1.51. The van der Waals surface area contributed by atoms with Crippen molar-refractivity contribution in [2.45, 2.75) is 51.1 Å². The quantitative estimate of drug-likeness (QED) is 0.432. The second-order valence-corrected chi connectivity index (χ2v) is 8.61. The van der Waals surface area contributed by atoms with E-state index in [2.05, 4.69) is 15.6 Å². The molecule has 8 heteroatoms. The van der Waals surface area contributed by atoms with Gasteiger partial charge in [0.15, 0.2) is 0 Å². The maximum atomic E-state index is 13.1. The molecule has 0 saturated heterocycles. The van der Waals surface area contributed by atoms with Crippen LogP contribution in [-0.4, -0.2) is 41.7 Å². The van der Waals surface area contributed by atoms with Crippen LogP contribution in [0.5, 0.6) is 5.75 Å². The molecule has 2 amide bonds. The lowest BCUT2D eigenvalue weighted by molar-refractivity contribution is -0.149. The Morgan fingerprint density at radius 2 is 1.88 bits per heavy atom. The van der Waals surface area contributed by atoms with E-state index in [9.17, 15) is 9.59 Å². The van der Waals surface area contributed by atoms with Crippen LogP contribution in [-0.2, 0) is 16.0 Å². The molecule has 1 fully saturated rings. The van der Waals surface area contributed by atoms with Gasteiger partial charge in [-0.15, -0.1) is 0 Å². The molecule has 0 unspecified atom stereocenters. The number of esters is 1. The normalized spacial score (nSPS) is 18.8. The number of aromatic nitrogens is 2. The molecule has 1 saturated carbocycles. The van der Waals surface area contributed by atoms with Gasteiger partial charge in [-0.25, -0.2) is 9.78 Å². The molecule has 3 aromatic rings. The van der Waals surface area contributed by atoms with Crippen LogP contribution < -0.4 is 15.4 Å². The number of urea groups is 1. The van der Waals surface area contributed by atoms with E-state index in [0.717, 1.165) is 48.0 Å². The van der Waals surface area contributed by atoms with Gasteiger partial charge in [0.2, 0.25) is 0 Å². The first-order valence-electron chi connectivity index (χ1n) is 11.9. The molecule has 1 aliphatic carbocycles. The van der Waals surface area contributed by atoms with Gasteiger partial charge in [0.25, 0.3) is 0 Å². The van der Waals surface area contributed by atoms with Gasteiger partial charge in [-0.3, -0.25) is 4.79 Å². The fraction of sp³-hybridized carbons (Fsp3) is 0.423. The van der Waals surface area contributed by atoms with Gasteiger partial charge >= 0.3 is 12.0 Å². The number of hydrogen-bond donors (Lipinski definition) is 3. The van der Waals surface area contributed by atoms with Crippen molar-refractivity contribution in [3.63, 3.8) is 0 Å². The van der Waals surface area contributed by atoms with E-state index in [-0.39, 0.29) is 30.0 Å². The van der Waals surface area contributed by atoms with Gasteiger partial charge in [0.1, 0.15) is 11.6 Å². The fourth-order valence-corrected chi connectivity index (χ4v) is 4.55. The van der Waals surface area contributed by atoms with Crippen molar-refractivity contribution < 1.29 is 19.1 Å². The molecule has 0 radical (unpaired) electrons. The van der Waals surface area contributed by atoms with E-state index in [4.69, 9.17) is 14.5 Å². The Morgan fingerprint density at radius 1 is 1.12 bits per heavy atom. The van der Waals surface area contributed by atoms with E-state index in [0.29, 0.717) is 18.9 Å². The average molecular weight is 465 g/mol. The highest BCUT2D eigenvalue weighted by Gasteiger charge is 2.33. The molecule has 34 heavy (non-hydrogen) atoms. The zero-order valence-corrected chi connectivity index (χ0v) is 19.7. The van der Waals surface area contributed by atoms with Crippen LogP contribution in [0.1, 0.15) is 50.0 Å². The summed E-state index contributed by atoms with van der Waals surface area (Å²) in [4.78, 5) is 33.6. The summed E-state index contributed by atoms with van der Waals surface area (Å²) in [5.41, 5.74) is 2.79. The Hall–Kier alpha value is -3.55. The number of H-pyrrole nitrogens is 1. The maximum absolute atomic E-state index is 13.1. The molecular formula is C26H32N4O4. The third-order valence-electron chi connectivity index (χ3n) is 6.31. The summed E-state index contributed by atoms with van der Waals surface area (Å²) in [5, 5.41) is 6.12. The van der Waals surface area contributed by atoms with Crippen molar-refractivity contribution in [2.75, 3.05) is 13.7 Å². The number of nitrogens with one attached hydrogen (secondary N) is 3. The van der Waals surface area contributed by atoms with Crippen molar-refractivity contribution >= 4 is 23.0 Å². The zero-order chi connectivity index (χ0) is 23.9. The first kappa shape index (κ1) is 23.6. The van der Waals surface area contributed by atoms with Crippen LogP contribution in [0.25, 0.3) is 11.0 Å². The zero-order valence-electron chi connectivity index (χ0n) is 19.7. The molecule has 8 nitrogen and oxygen atoms in total. The molecule has 180 valence electrons. The van der Waals surface area contributed by atoms with Crippen molar-refractivity contribution in [2.24, 2.45) is 5.92 Å². The van der Waals surface area contributed by atoms with Crippen LogP contribution in [0.2, 0.25) is 0 Å². The third kappa shape index (κ3) is 5.68. The predicted molar refractivity (Wildman–Crippen MR) is 130 cm³/mol. The molecule has 0 spiro atoms. The summed E-state index contributed by atoms with van der Waals surface area (Å²) < 4.78 is 10.5. The molecule has 3 N–H and O–H groups in total. The molecule has 0 bridgehead atoms. The molecule has 4 rings (SSSR count). The summed E-state index contributed by atoms with van der Waals surface area (Å²) in [6.45, 7) is 2.14. The highest BCUT2D eigenvalue weighted by Crippen LogP contribution is 2.26. The van der Waals surface area contributed by atoms with E-state index in [1.807, 2.05) is 48.5 Å². The molecule has 1 aliphatic rings. The van der Waals surface area contributed by atoms with E-state index < -0.39 is 0 Å². The summed E-state index contributed by atoms with van der Waals surface area (Å²) >= 11 is 0. The predicted octanol–water partition coefficient (Wildman–Crippen LogP) is 4.28. The highest BCUT2D eigenvalue weighted by atomic mass is 16.5. The van der Waals surface area contributed by atoms with Gasteiger partial charge in [-0.05, 0) is 56.0 Å². The van der Waals surface area contributed by atoms with Crippen LogP contribution in [0, 0.1) is 5.92 Å². The van der Waals surface area contributed by atoms with Gasteiger partial charge in [-0.2, -0.15) is 0 Å². The monoisotopic (exact) mass is 464 g/mol. The molecule has 3 atom stereocenters. The van der Waals surface area contributed by atoms with E-state index >= 15 is 0 Å². The lowest BCUT2D eigenvalue weighted by atomic mass is 9.84. The van der Waals surface area contributed by atoms with Gasteiger partial charge < -0.3 is 25.1 Å². The van der Waals surface area contributed by atoms with Crippen molar-refractivity contribution in [1.29, 1.82) is 0 Å². The summed E-state index contributed by atoms with van der Waals surface area (Å²) in [7, 11) is 1.63. The lowest BCUT2D eigenvalue weighted by Crippen LogP contribution is -2.50. The smallest absolute Gasteiger partial charge is 0.315 e. The number of fused-ring (bicyclic) bond motifs is 1. The Labute approximate surface area is 199 Å². The summed E-state index contributed by atoms with van der Waals surface area (Å²) in [5.74, 6) is 0.903. The van der Waals surface area contributed by atoms with Crippen LogP contribution >= 0.6 is 0 Å². The number of amides is 2. The Morgan fingerprint density at radius 3 is 2.62 bits per heavy atom. The van der Waals surface area contributed by atoms with Crippen molar-refractivity contribution in [3.8, 4) is 5.75 Å². The number of para-hydroxylation sites is 2. The minimum atomic E-state index is -0.384. The third-order valence-corrected chi connectivity index (χ3v) is 6.31. The average Bonchev–Trinajstić information content (AvgIpc) is 3.29. The number of benzene rings is 2. The summed E-state index contributed by atoms with van der Waals surface area (Å²) in [6.07, 6.45) is 3.96. The molecule has 2 aromatic carbocycles. The topological polar surface area (TPSA) is 105 Å². The maximum Gasteiger partial charge on any atom is 0.315 e. The van der Waals surface area contributed by atoms with E-state index in [1.165, 1.54) is 0 Å². The number of carbonyl (C=O) groups is 2. The fourth-order valence-electron chi connectivity index (χ4n) is 4.55. The second kappa shape index (κ2) is 11.0. The number of hydrogen-bond acceptors (Lipinski definition) is 5. The molecule has 1 aromatic heterocycles. The first-order chi connectivity index (χ1) is 16.6. The first-order valence-corrected chi connectivity index (χ1v) is 11.9. The van der Waals surface area contributed by atoms with Crippen LogP contribution in [0.15, 0.2) is 48.5 Å². The second-order valence-electron chi connectivity index (χ2n) is 8.61. The van der Waals surface area contributed by atoms with Gasteiger partial charge in [0, 0.05) is 6.04 Å². The minimum absolute atomic E-state index is 0.237. The molecular weight excluding hydrogens is 432 g/mol. The highest BCUT2D eigenvalue weighted by molar-refractivity contribution is 5.78. The van der Waals surface area contributed by atoms with E-state index in [1.54, 1.807) is 14.0 Å². The number of ether oxygens (including phenoxy) is 2. The number of aromatic amines is 1. The van der Waals surface area contributed by atoms with Crippen molar-refractivity contribution in [1.82, 2.24) is 20.6 Å². The van der Waals surface area contributed by atoms with Gasteiger partial charge in [-0.1, -0.05) is 37.1 Å². The Kier molecular flexibility index (Phi) is 7.67. The van der Waals surface area contributed by atoms with Gasteiger partial charge in [0.05, 0.1) is 36.7 Å². The number of methoxy groups -OCH3 is 1. The van der Waals surface area contributed by atoms with Crippen molar-refractivity contribution in [3.05, 3.63) is 59.9 Å². The number of carbonyl (C=O) groups excluding carboxylic acids is 2. The number of rotatable bonds is 8. The van der Waals surface area contributed by atoms with Crippen LogP contribution in [0.4, 0.5) is 4.79 Å². The molecule has 0 aliphatic heterocycles. The number of nitrogens with zero attached hydrogens (tertiary/aromatic N) is 1. The minimum Gasteiger partial charge on any atom is -0.497 e. The SMILES string of the molecule is CCOC(=O)[C@@H]1CCCC[C@@H]1NC(=O)N[C@H](Cc1ccc(OC)cc1)c1nc2ccccc2[nH]1. The summed E-state index contributed by atoms with van der Waals surface area (Å²) in [6, 6.07) is 14.6. The lowest BCUT2D eigenvalue weighted by Gasteiger charge is -2.31. The number of imidazole rings is 1. The Bertz CT molecular complexity index is 1080. The molecule has 1 heterocycles.